The lowest BCUT2D eigenvalue weighted by molar-refractivity contribution is 0.616. The highest BCUT2D eigenvalue weighted by molar-refractivity contribution is 6.20. The normalized spacial score (nSPS) is 12.3. The predicted octanol–water partition coefficient (Wildman–Crippen LogP) is 4.34. The van der Waals surface area contributed by atoms with Crippen LogP contribution in [0.3, 0.4) is 0 Å². The van der Waals surface area contributed by atoms with E-state index in [0.29, 0.717) is 11.5 Å². The fourth-order valence-corrected chi connectivity index (χ4v) is 2.47. The van der Waals surface area contributed by atoms with Crippen molar-refractivity contribution in [1.82, 2.24) is 9.55 Å². The van der Waals surface area contributed by atoms with E-state index in [2.05, 4.69) is 4.98 Å². The van der Waals surface area contributed by atoms with E-state index in [1.165, 1.54) is 6.07 Å². The van der Waals surface area contributed by atoms with Gasteiger partial charge in [0, 0.05) is 0 Å². The van der Waals surface area contributed by atoms with Crippen molar-refractivity contribution in [3.8, 4) is 11.8 Å². The summed E-state index contributed by atoms with van der Waals surface area (Å²) in [7, 11) is 0. The van der Waals surface area contributed by atoms with E-state index in [9.17, 15) is 4.39 Å². The van der Waals surface area contributed by atoms with Crippen molar-refractivity contribution in [2.24, 2.45) is 0 Å². The first kappa shape index (κ1) is 13.6. The number of aromatic nitrogens is 2. The first-order valence-electron chi connectivity index (χ1n) is 6.43. The molecule has 0 aliphatic heterocycles. The summed E-state index contributed by atoms with van der Waals surface area (Å²) in [6.07, 6.45) is 0. The number of fused-ring (bicyclic) bond motifs is 1. The minimum atomic E-state index is -0.476. The van der Waals surface area contributed by atoms with Gasteiger partial charge in [0.1, 0.15) is 11.6 Å². The van der Waals surface area contributed by atoms with Crippen LogP contribution >= 0.6 is 11.6 Å². The molecular formula is C16H11ClFN3. The summed E-state index contributed by atoms with van der Waals surface area (Å²) in [6, 6.07) is 13.8. The van der Waals surface area contributed by atoms with Crippen LogP contribution in [-0.2, 0) is 0 Å². The Hall–Kier alpha value is -2.38. The van der Waals surface area contributed by atoms with Gasteiger partial charge < -0.3 is 0 Å². The van der Waals surface area contributed by atoms with Crippen molar-refractivity contribution in [3.05, 3.63) is 59.7 Å². The van der Waals surface area contributed by atoms with Gasteiger partial charge in [-0.05, 0) is 37.3 Å². The van der Waals surface area contributed by atoms with Gasteiger partial charge in [0.2, 0.25) is 0 Å². The first-order valence-corrected chi connectivity index (χ1v) is 6.87. The minimum Gasteiger partial charge on any atom is -0.292 e. The van der Waals surface area contributed by atoms with E-state index in [-0.39, 0.29) is 10.9 Å². The van der Waals surface area contributed by atoms with Crippen LogP contribution in [0.1, 0.15) is 23.7 Å². The lowest BCUT2D eigenvalue weighted by Crippen LogP contribution is -2.04. The number of benzene rings is 2. The van der Waals surface area contributed by atoms with E-state index in [0.717, 1.165) is 11.0 Å². The van der Waals surface area contributed by atoms with Gasteiger partial charge in [-0.2, -0.15) is 5.26 Å². The van der Waals surface area contributed by atoms with Gasteiger partial charge in [-0.3, -0.25) is 4.57 Å². The quantitative estimate of drug-likeness (QED) is 0.661. The third kappa shape index (κ3) is 2.26. The Kier molecular flexibility index (Phi) is 3.36. The molecule has 1 heterocycles. The van der Waals surface area contributed by atoms with Crippen LogP contribution in [0.5, 0.6) is 0 Å². The molecule has 0 fully saturated rings. The summed E-state index contributed by atoms with van der Waals surface area (Å²) in [6.45, 7) is 1.79. The van der Waals surface area contributed by atoms with E-state index in [1.807, 2.05) is 30.3 Å². The van der Waals surface area contributed by atoms with Gasteiger partial charge in [0.25, 0.3) is 0 Å². The van der Waals surface area contributed by atoms with Crippen LogP contribution in [-0.4, -0.2) is 9.55 Å². The number of hydrogen-bond acceptors (Lipinski definition) is 2. The lowest BCUT2D eigenvalue weighted by Gasteiger charge is -2.11. The molecule has 0 aliphatic carbocycles. The summed E-state index contributed by atoms with van der Waals surface area (Å²) in [4.78, 5) is 4.47. The Balaban J connectivity index is 2.33. The Morgan fingerprint density at radius 3 is 2.71 bits per heavy atom. The molecule has 0 N–H and O–H groups in total. The Labute approximate surface area is 126 Å². The average Bonchev–Trinajstić information content (AvgIpc) is 2.86. The summed E-state index contributed by atoms with van der Waals surface area (Å²) < 4.78 is 16.0. The second kappa shape index (κ2) is 5.19. The van der Waals surface area contributed by atoms with Crippen molar-refractivity contribution in [2.75, 3.05) is 0 Å². The fourth-order valence-electron chi connectivity index (χ4n) is 2.32. The fraction of sp³-hybridized carbons (Fsp3) is 0.125. The van der Waals surface area contributed by atoms with Crippen molar-refractivity contribution < 1.29 is 4.39 Å². The second-order valence-electron chi connectivity index (χ2n) is 4.69. The molecule has 0 amide bonds. The van der Waals surface area contributed by atoms with Crippen molar-refractivity contribution in [1.29, 1.82) is 5.26 Å². The zero-order valence-electron chi connectivity index (χ0n) is 11.2. The Morgan fingerprint density at radius 1 is 1.29 bits per heavy atom. The lowest BCUT2D eigenvalue weighted by atomic mass is 10.2. The van der Waals surface area contributed by atoms with Crippen LogP contribution in [0.15, 0.2) is 42.5 Å². The van der Waals surface area contributed by atoms with Crippen molar-refractivity contribution in [2.45, 2.75) is 12.3 Å². The summed E-state index contributed by atoms with van der Waals surface area (Å²) >= 11 is 6.18. The summed E-state index contributed by atoms with van der Waals surface area (Å²) in [5.41, 5.74) is 2.15. The highest BCUT2D eigenvalue weighted by atomic mass is 35.5. The van der Waals surface area contributed by atoms with Gasteiger partial charge >= 0.3 is 0 Å². The monoisotopic (exact) mass is 299 g/mol. The number of alkyl halides is 1. The summed E-state index contributed by atoms with van der Waals surface area (Å²) in [5.74, 6) is 0.0947. The molecule has 3 aromatic rings. The second-order valence-corrected chi connectivity index (χ2v) is 5.34. The Morgan fingerprint density at radius 2 is 2.05 bits per heavy atom. The maximum atomic E-state index is 14.3. The molecule has 3 rings (SSSR count). The van der Waals surface area contributed by atoms with Gasteiger partial charge in [-0.15, -0.1) is 11.6 Å². The molecule has 21 heavy (non-hydrogen) atoms. The predicted molar refractivity (Wildman–Crippen MR) is 80.0 cm³/mol. The molecule has 3 nitrogen and oxygen atoms in total. The molecule has 1 unspecified atom stereocenters. The first-order chi connectivity index (χ1) is 10.1. The van der Waals surface area contributed by atoms with Crippen molar-refractivity contribution >= 4 is 22.6 Å². The van der Waals surface area contributed by atoms with Gasteiger partial charge in [0.15, 0.2) is 0 Å². The van der Waals surface area contributed by atoms with Crippen LogP contribution in [0.25, 0.3) is 16.7 Å². The molecule has 0 saturated heterocycles. The minimum absolute atomic E-state index is 0.279. The molecule has 0 saturated carbocycles. The van der Waals surface area contributed by atoms with Gasteiger partial charge in [-0.25, -0.2) is 9.37 Å². The van der Waals surface area contributed by atoms with Crippen LogP contribution < -0.4 is 0 Å². The van der Waals surface area contributed by atoms with E-state index < -0.39 is 5.82 Å². The number of nitrogens with zero attached hydrogens (tertiary/aromatic N) is 3. The van der Waals surface area contributed by atoms with E-state index in [1.54, 1.807) is 23.6 Å². The molecule has 104 valence electrons. The zero-order valence-corrected chi connectivity index (χ0v) is 12.0. The van der Waals surface area contributed by atoms with E-state index >= 15 is 0 Å². The van der Waals surface area contributed by atoms with Crippen LogP contribution in [0.4, 0.5) is 4.39 Å². The highest BCUT2D eigenvalue weighted by Crippen LogP contribution is 2.29. The topological polar surface area (TPSA) is 41.6 Å². The van der Waals surface area contributed by atoms with Crippen molar-refractivity contribution in [3.63, 3.8) is 0 Å². The number of para-hydroxylation sites is 2. The molecule has 1 aromatic heterocycles. The number of rotatable bonds is 2. The smallest absolute Gasteiger partial charge is 0.148 e. The number of imidazole rings is 1. The average molecular weight is 300 g/mol. The Bertz CT molecular complexity index is 862. The molecule has 0 spiro atoms. The van der Waals surface area contributed by atoms with Crippen LogP contribution in [0.2, 0.25) is 0 Å². The molecule has 1 atom stereocenters. The van der Waals surface area contributed by atoms with E-state index in [4.69, 9.17) is 16.9 Å². The van der Waals surface area contributed by atoms with Crippen LogP contribution in [0, 0.1) is 17.1 Å². The molecule has 5 heteroatoms. The number of hydrogen-bond donors (Lipinski definition) is 0. The molecule has 0 radical (unpaired) electrons. The summed E-state index contributed by atoms with van der Waals surface area (Å²) in [5, 5.41) is 8.47. The van der Waals surface area contributed by atoms with Gasteiger partial charge in [-0.1, -0.05) is 12.1 Å². The molecular weight excluding hydrogens is 289 g/mol. The molecule has 0 aliphatic rings. The zero-order chi connectivity index (χ0) is 15.0. The SMILES string of the molecule is CC(Cl)c1nc2ccccc2n1-c1ccc(C#N)cc1F. The number of nitriles is 1. The maximum absolute atomic E-state index is 14.3. The standard InChI is InChI=1S/C16H11ClFN3/c1-10(17)16-20-13-4-2-3-5-15(13)21(16)14-7-6-11(9-19)8-12(14)18/h2-8,10H,1H3. The molecule has 2 aromatic carbocycles. The molecule has 0 bridgehead atoms. The third-order valence-electron chi connectivity index (χ3n) is 3.26. The van der Waals surface area contributed by atoms with Gasteiger partial charge in [0.05, 0.1) is 33.7 Å². The largest absolute Gasteiger partial charge is 0.292 e. The highest BCUT2D eigenvalue weighted by Gasteiger charge is 2.18. The number of halogens is 2. The third-order valence-corrected chi connectivity index (χ3v) is 3.46. The maximum Gasteiger partial charge on any atom is 0.148 e.